The number of hydrogen-bond acceptors (Lipinski definition) is 4. The number of para-hydroxylation sites is 1. The predicted octanol–water partition coefficient (Wildman–Crippen LogP) is 5.16. The van der Waals surface area contributed by atoms with Crippen molar-refractivity contribution in [1.82, 2.24) is 19.7 Å². The largest absolute Gasteiger partial charge is 0.461 e. The normalized spacial score (nSPS) is 10.8. The number of aryl methyl sites for hydroxylation is 2. The number of hydrogen-bond donors (Lipinski definition) is 0. The number of fused-ring (bicyclic) bond motifs is 1. The fraction of sp³-hybridized carbons (Fsp3) is 0.0870. The molecule has 3 aromatic carbocycles. The second-order valence-electron chi connectivity index (χ2n) is 6.66. The standard InChI is InChI=1S/C23H17N4O.Ir/c1-15-8-6-11-18(17-9-4-3-5-10-17)22(15)27-14-24-26-23(27)19-12-7-13-20-21(19)25-16(2)28-20;/h3-11,13-14H,1-2H3;/q-1;. The van der Waals surface area contributed by atoms with Gasteiger partial charge in [0.25, 0.3) is 0 Å². The zero-order valence-electron chi connectivity index (χ0n) is 15.9. The van der Waals surface area contributed by atoms with E-state index in [2.05, 4.69) is 58.5 Å². The first-order valence-corrected chi connectivity index (χ1v) is 9.06. The van der Waals surface area contributed by atoms with Gasteiger partial charge >= 0.3 is 0 Å². The maximum absolute atomic E-state index is 5.68. The predicted molar refractivity (Wildman–Crippen MR) is 108 cm³/mol. The van der Waals surface area contributed by atoms with Crippen LogP contribution in [-0.4, -0.2) is 19.7 Å². The van der Waals surface area contributed by atoms with Gasteiger partial charge in [0.15, 0.2) is 5.89 Å². The summed E-state index contributed by atoms with van der Waals surface area (Å²) in [6, 6.07) is 23.6. The Bertz CT molecular complexity index is 1290. The second kappa shape index (κ2) is 7.74. The Labute approximate surface area is 181 Å². The Hall–Kier alpha value is -3.08. The molecule has 0 atom stereocenters. The Morgan fingerprint density at radius 2 is 1.79 bits per heavy atom. The molecule has 145 valence electrons. The molecule has 0 aliphatic carbocycles. The summed E-state index contributed by atoms with van der Waals surface area (Å²) in [6.45, 7) is 3.93. The van der Waals surface area contributed by atoms with Crippen molar-refractivity contribution in [3.8, 4) is 28.2 Å². The number of oxazole rings is 1. The summed E-state index contributed by atoms with van der Waals surface area (Å²) >= 11 is 0. The van der Waals surface area contributed by atoms with Crippen molar-refractivity contribution in [2.75, 3.05) is 0 Å². The fourth-order valence-corrected chi connectivity index (χ4v) is 3.57. The van der Waals surface area contributed by atoms with Crippen molar-refractivity contribution in [1.29, 1.82) is 0 Å². The summed E-state index contributed by atoms with van der Waals surface area (Å²) in [6.07, 6.45) is 1.74. The van der Waals surface area contributed by atoms with Gasteiger partial charge in [0.1, 0.15) is 6.33 Å². The van der Waals surface area contributed by atoms with Gasteiger partial charge in [0.2, 0.25) is 0 Å². The van der Waals surface area contributed by atoms with Crippen molar-refractivity contribution in [2.24, 2.45) is 0 Å². The van der Waals surface area contributed by atoms with Crippen LogP contribution >= 0.6 is 0 Å². The third kappa shape index (κ3) is 3.31. The van der Waals surface area contributed by atoms with Crippen LogP contribution in [0.25, 0.3) is 39.3 Å². The molecule has 2 heterocycles. The van der Waals surface area contributed by atoms with Crippen LogP contribution in [-0.2, 0) is 20.1 Å². The Morgan fingerprint density at radius 3 is 2.62 bits per heavy atom. The molecule has 1 radical (unpaired) electrons. The van der Waals surface area contributed by atoms with Gasteiger partial charge in [-0.25, -0.2) is 0 Å². The Kier molecular flexibility index (Phi) is 5.14. The molecule has 29 heavy (non-hydrogen) atoms. The molecule has 0 saturated carbocycles. The van der Waals surface area contributed by atoms with Crippen LogP contribution in [0.4, 0.5) is 0 Å². The zero-order valence-corrected chi connectivity index (χ0v) is 18.3. The summed E-state index contributed by atoms with van der Waals surface area (Å²) in [5.74, 6) is 1.30. The molecular formula is C23H17IrN4O-. The molecule has 0 spiro atoms. The smallest absolute Gasteiger partial charge is 0.180 e. The molecule has 0 aliphatic heterocycles. The van der Waals surface area contributed by atoms with Crippen LogP contribution < -0.4 is 0 Å². The van der Waals surface area contributed by atoms with Gasteiger partial charge in [-0.15, -0.1) is 17.2 Å². The molecule has 0 bridgehead atoms. The first kappa shape index (κ1) is 19.2. The minimum Gasteiger partial charge on any atom is -0.461 e. The van der Waals surface area contributed by atoms with E-state index in [-0.39, 0.29) is 20.1 Å². The minimum absolute atomic E-state index is 0. The van der Waals surface area contributed by atoms with Crippen molar-refractivity contribution >= 4 is 11.1 Å². The molecule has 0 amide bonds. The van der Waals surface area contributed by atoms with Crippen molar-refractivity contribution in [3.05, 3.63) is 84.5 Å². The van der Waals surface area contributed by atoms with Crippen LogP contribution in [0.3, 0.4) is 0 Å². The summed E-state index contributed by atoms with van der Waals surface area (Å²) in [4.78, 5) is 4.53. The maximum atomic E-state index is 5.68. The average Bonchev–Trinajstić information content (AvgIpc) is 3.34. The minimum atomic E-state index is 0. The van der Waals surface area contributed by atoms with E-state index >= 15 is 0 Å². The van der Waals surface area contributed by atoms with Gasteiger partial charge in [-0.2, -0.15) is 5.10 Å². The molecule has 0 N–H and O–H groups in total. The van der Waals surface area contributed by atoms with E-state index in [1.807, 2.05) is 41.8 Å². The van der Waals surface area contributed by atoms with Crippen molar-refractivity contribution in [3.63, 3.8) is 0 Å². The van der Waals surface area contributed by atoms with E-state index in [0.29, 0.717) is 17.3 Å². The van der Waals surface area contributed by atoms with Gasteiger partial charge in [-0.3, -0.25) is 4.98 Å². The van der Waals surface area contributed by atoms with Crippen LogP contribution in [0.2, 0.25) is 0 Å². The molecule has 5 nitrogen and oxygen atoms in total. The van der Waals surface area contributed by atoms with E-state index < -0.39 is 0 Å². The van der Waals surface area contributed by atoms with E-state index in [4.69, 9.17) is 4.42 Å². The third-order valence-corrected chi connectivity index (χ3v) is 4.79. The van der Waals surface area contributed by atoms with Gasteiger partial charge in [-0.1, -0.05) is 60.2 Å². The molecule has 0 aliphatic rings. The second-order valence-corrected chi connectivity index (χ2v) is 6.66. The van der Waals surface area contributed by atoms with Crippen LogP contribution in [0.15, 0.2) is 71.4 Å². The van der Waals surface area contributed by atoms with E-state index in [1.54, 1.807) is 6.33 Å². The molecular weight excluding hydrogens is 540 g/mol. The van der Waals surface area contributed by atoms with Gasteiger partial charge in [-0.05, 0) is 18.1 Å². The number of benzene rings is 3. The Balaban J connectivity index is 0.00000205. The van der Waals surface area contributed by atoms with Crippen molar-refractivity contribution < 1.29 is 24.5 Å². The molecule has 0 saturated heterocycles. The van der Waals surface area contributed by atoms with Gasteiger partial charge in [0.05, 0.1) is 17.1 Å². The monoisotopic (exact) mass is 558 g/mol. The summed E-state index contributed by atoms with van der Waals surface area (Å²) < 4.78 is 7.69. The van der Waals surface area contributed by atoms with Crippen LogP contribution in [0.1, 0.15) is 11.5 Å². The molecule has 5 rings (SSSR count). The van der Waals surface area contributed by atoms with Crippen LogP contribution in [0, 0.1) is 19.9 Å². The summed E-state index contributed by atoms with van der Waals surface area (Å²) in [7, 11) is 0. The molecule has 5 aromatic rings. The van der Waals surface area contributed by atoms with Gasteiger partial charge in [0, 0.05) is 38.1 Å². The van der Waals surface area contributed by atoms with E-state index in [1.165, 1.54) is 0 Å². The van der Waals surface area contributed by atoms with Crippen LogP contribution in [0.5, 0.6) is 0 Å². The number of nitrogens with zero attached hydrogens (tertiary/aromatic N) is 4. The number of aromatic nitrogens is 4. The summed E-state index contributed by atoms with van der Waals surface area (Å²) in [5, 5.41) is 8.60. The average molecular weight is 558 g/mol. The van der Waals surface area contributed by atoms with Gasteiger partial charge < -0.3 is 8.98 Å². The molecule has 2 aromatic heterocycles. The molecule has 0 fully saturated rings. The quantitative estimate of drug-likeness (QED) is 0.288. The first-order chi connectivity index (χ1) is 13.7. The first-order valence-electron chi connectivity index (χ1n) is 9.06. The number of rotatable bonds is 3. The third-order valence-electron chi connectivity index (χ3n) is 4.79. The van der Waals surface area contributed by atoms with E-state index in [9.17, 15) is 0 Å². The summed E-state index contributed by atoms with van der Waals surface area (Å²) in [5.41, 5.74) is 6.66. The fourth-order valence-electron chi connectivity index (χ4n) is 3.57. The topological polar surface area (TPSA) is 56.7 Å². The SMILES string of the molecule is Cc1nc2c(-c3nncn3-c3c(C)cccc3-c3ccccc3)[c-]ccc2o1.[Ir]. The van der Waals surface area contributed by atoms with Crippen molar-refractivity contribution in [2.45, 2.75) is 13.8 Å². The van der Waals surface area contributed by atoms with E-state index in [0.717, 1.165) is 33.5 Å². The molecule has 0 unspecified atom stereocenters. The Morgan fingerprint density at radius 1 is 0.966 bits per heavy atom. The maximum Gasteiger partial charge on any atom is 0.180 e. The molecule has 6 heteroatoms. The zero-order chi connectivity index (χ0) is 19.1.